The SMILES string of the molecule is NCC1Cc2ccccc2CN1CCOc1ccccc1. The molecular formula is C18H22N2O. The highest BCUT2D eigenvalue weighted by atomic mass is 16.5. The summed E-state index contributed by atoms with van der Waals surface area (Å²) in [5.41, 5.74) is 8.81. The number of benzene rings is 2. The van der Waals surface area contributed by atoms with Crippen molar-refractivity contribution >= 4 is 0 Å². The van der Waals surface area contributed by atoms with E-state index in [0.717, 1.165) is 25.3 Å². The van der Waals surface area contributed by atoms with Crippen molar-refractivity contribution in [3.63, 3.8) is 0 Å². The molecule has 2 aromatic rings. The Bertz CT molecular complexity index is 570. The molecule has 0 radical (unpaired) electrons. The lowest BCUT2D eigenvalue weighted by Crippen LogP contribution is -2.46. The van der Waals surface area contributed by atoms with Crippen LogP contribution in [0.15, 0.2) is 54.6 Å². The van der Waals surface area contributed by atoms with E-state index < -0.39 is 0 Å². The first-order chi connectivity index (χ1) is 10.4. The van der Waals surface area contributed by atoms with Gasteiger partial charge in [-0.15, -0.1) is 0 Å². The molecule has 0 spiro atoms. The maximum Gasteiger partial charge on any atom is 0.119 e. The Balaban J connectivity index is 1.59. The first-order valence-electron chi connectivity index (χ1n) is 7.55. The van der Waals surface area contributed by atoms with Gasteiger partial charge in [0.25, 0.3) is 0 Å². The van der Waals surface area contributed by atoms with Crippen molar-refractivity contribution in [2.24, 2.45) is 5.73 Å². The van der Waals surface area contributed by atoms with Crippen LogP contribution in [0.25, 0.3) is 0 Å². The molecule has 0 saturated heterocycles. The van der Waals surface area contributed by atoms with E-state index >= 15 is 0 Å². The molecule has 3 rings (SSSR count). The first-order valence-corrected chi connectivity index (χ1v) is 7.55. The fourth-order valence-electron chi connectivity index (χ4n) is 2.93. The highest BCUT2D eigenvalue weighted by molar-refractivity contribution is 5.30. The lowest BCUT2D eigenvalue weighted by atomic mass is 9.94. The molecule has 2 N–H and O–H groups in total. The predicted molar refractivity (Wildman–Crippen MR) is 85.3 cm³/mol. The number of hydrogen-bond donors (Lipinski definition) is 1. The zero-order valence-electron chi connectivity index (χ0n) is 12.2. The van der Waals surface area contributed by atoms with E-state index in [1.165, 1.54) is 11.1 Å². The molecule has 0 aliphatic carbocycles. The molecule has 1 atom stereocenters. The Labute approximate surface area is 126 Å². The summed E-state index contributed by atoms with van der Waals surface area (Å²) in [6, 6.07) is 19.0. The number of fused-ring (bicyclic) bond motifs is 1. The van der Waals surface area contributed by atoms with Crippen LogP contribution in [-0.4, -0.2) is 30.6 Å². The zero-order chi connectivity index (χ0) is 14.5. The van der Waals surface area contributed by atoms with Crippen molar-refractivity contribution in [1.29, 1.82) is 0 Å². The predicted octanol–water partition coefficient (Wildman–Crippen LogP) is 2.45. The average molecular weight is 282 g/mol. The zero-order valence-corrected chi connectivity index (χ0v) is 12.2. The molecule has 21 heavy (non-hydrogen) atoms. The number of hydrogen-bond acceptors (Lipinski definition) is 3. The van der Waals surface area contributed by atoms with Gasteiger partial charge in [0, 0.05) is 25.7 Å². The number of para-hydroxylation sites is 1. The van der Waals surface area contributed by atoms with E-state index in [0.29, 0.717) is 19.2 Å². The molecular weight excluding hydrogens is 260 g/mol. The summed E-state index contributed by atoms with van der Waals surface area (Å²) >= 11 is 0. The van der Waals surface area contributed by atoms with Gasteiger partial charge in [0.2, 0.25) is 0 Å². The van der Waals surface area contributed by atoms with E-state index in [1.807, 2.05) is 30.3 Å². The lowest BCUT2D eigenvalue weighted by molar-refractivity contribution is 0.143. The van der Waals surface area contributed by atoms with Crippen LogP contribution in [0.5, 0.6) is 5.75 Å². The maximum atomic E-state index is 5.95. The van der Waals surface area contributed by atoms with E-state index in [-0.39, 0.29) is 0 Å². The summed E-state index contributed by atoms with van der Waals surface area (Å²) in [5, 5.41) is 0. The van der Waals surface area contributed by atoms with Gasteiger partial charge in [0.1, 0.15) is 12.4 Å². The smallest absolute Gasteiger partial charge is 0.119 e. The molecule has 3 heteroatoms. The van der Waals surface area contributed by atoms with Crippen LogP contribution < -0.4 is 10.5 Å². The Kier molecular flexibility index (Phi) is 4.53. The third-order valence-corrected chi connectivity index (χ3v) is 4.13. The third-order valence-electron chi connectivity index (χ3n) is 4.13. The highest BCUT2D eigenvalue weighted by Gasteiger charge is 2.24. The average Bonchev–Trinajstić information content (AvgIpc) is 2.55. The van der Waals surface area contributed by atoms with Gasteiger partial charge in [0.05, 0.1) is 0 Å². The number of nitrogens with two attached hydrogens (primary N) is 1. The van der Waals surface area contributed by atoms with Gasteiger partial charge in [0.15, 0.2) is 0 Å². The molecule has 0 aromatic heterocycles. The summed E-state index contributed by atoms with van der Waals surface area (Å²) < 4.78 is 5.81. The van der Waals surface area contributed by atoms with Crippen molar-refractivity contribution in [2.75, 3.05) is 19.7 Å². The summed E-state index contributed by atoms with van der Waals surface area (Å²) in [7, 11) is 0. The summed E-state index contributed by atoms with van der Waals surface area (Å²) in [6.45, 7) is 3.27. The van der Waals surface area contributed by atoms with Crippen LogP contribution in [0.1, 0.15) is 11.1 Å². The largest absolute Gasteiger partial charge is 0.492 e. The molecule has 1 aliphatic rings. The van der Waals surface area contributed by atoms with Crippen molar-refractivity contribution < 1.29 is 4.74 Å². The Morgan fingerprint density at radius 3 is 2.48 bits per heavy atom. The molecule has 1 unspecified atom stereocenters. The number of ether oxygens (including phenoxy) is 1. The van der Waals surface area contributed by atoms with Crippen LogP contribution in [0, 0.1) is 0 Å². The fourth-order valence-corrected chi connectivity index (χ4v) is 2.93. The van der Waals surface area contributed by atoms with E-state index in [9.17, 15) is 0 Å². The molecule has 0 saturated carbocycles. The van der Waals surface area contributed by atoms with Crippen molar-refractivity contribution in [3.8, 4) is 5.75 Å². The quantitative estimate of drug-likeness (QED) is 0.915. The van der Waals surface area contributed by atoms with E-state index in [2.05, 4.69) is 29.2 Å². The summed E-state index contributed by atoms with van der Waals surface area (Å²) in [4.78, 5) is 2.44. The van der Waals surface area contributed by atoms with E-state index in [4.69, 9.17) is 10.5 Å². The van der Waals surface area contributed by atoms with Gasteiger partial charge in [-0.25, -0.2) is 0 Å². The van der Waals surface area contributed by atoms with Crippen LogP contribution in [0.2, 0.25) is 0 Å². The second kappa shape index (κ2) is 6.74. The van der Waals surface area contributed by atoms with Gasteiger partial charge < -0.3 is 10.5 Å². The van der Waals surface area contributed by atoms with Crippen LogP contribution in [0.3, 0.4) is 0 Å². The molecule has 3 nitrogen and oxygen atoms in total. The second-order valence-electron chi connectivity index (χ2n) is 5.49. The second-order valence-corrected chi connectivity index (χ2v) is 5.49. The Morgan fingerprint density at radius 1 is 1.00 bits per heavy atom. The van der Waals surface area contributed by atoms with Gasteiger partial charge in [-0.05, 0) is 29.7 Å². The van der Waals surface area contributed by atoms with Gasteiger partial charge >= 0.3 is 0 Å². The van der Waals surface area contributed by atoms with Crippen molar-refractivity contribution in [1.82, 2.24) is 4.90 Å². The lowest BCUT2D eigenvalue weighted by Gasteiger charge is -2.36. The molecule has 0 fully saturated rings. The summed E-state index contributed by atoms with van der Waals surface area (Å²) in [5.74, 6) is 0.930. The number of rotatable bonds is 5. The molecule has 0 amide bonds. The molecule has 2 aromatic carbocycles. The van der Waals surface area contributed by atoms with Gasteiger partial charge in [-0.2, -0.15) is 0 Å². The maximum absolute atomic E-state index is 5.95. The topological polar surface area (TPSA) is 38.5 Å². The number of nitrogens with zero attached hydrogens (tertiary/aromatic N) is 1. The first kappa shape index (κ1) is 14.1. The van der Waals surface area contributed by atoms with Crippen molar-refractivity contribution in [2.45, 2.75) is 19.0 Å². The monoisotopic (exact) mass is 282 g/mol. The standard InChI is InChI=1S/C18H22N2O/c19-13-17-12-15-6-4-5-7-16(15)14-20(17)10-11-21-18-8-2-1-3-9-18/h1-9,17H,10-14,19H2. The van der Waals surface area contributed by atoms with Crippen molar-refractivity contribution in [3.05, 3.63) is 65.7 Å². The van der Waals surface area contributed by atoms with Crippen LogP contribution >= 0.6 is 0 Å². The molecule has 1 heterocycles. The fraction of sp³-hybridized carbons (Fsp3) is 0.333. The Hall–Kier alpha value is -1.84. The normalized spacial score (nSPS) is 18.2. The third kappa shape index (κ3) is 3.43. The minimum atomic E-state index is 0.416. The minimum Gasteiger partial charge on any atom is -0.492 e. The molecule has 1 aliphatic heterocycles. The van der Waals surface area contributed by atoms with E-state index in [1.54, 1.807) is 0 Å². The van der Waals surface area contributed by atoms with Crippen LogP contribution in [-0.2, 0) is 13.0 Å². The minimum absolute atomic E-state index is 0.416. The molecule has 110 valence electrons. The Morgan fingerprint density at radius 2 is 1.71 bits per heavy atom. The summed E-state index contributed by atoms with van der Waals surface area (Å²) in [6.07, 6.45) is 1.04. The van der Waals surface area contributed by atoms with Gasteiger partial charge in [-0.1, -0.05) is 42.5 Å². The molecule has 0 bridgehead atoms. The van der Waals surface area contributed by atoms with Crippen LogP contribution in [0.4, 0.5) is 0 Å². The van der Waals surface area contributed by atoms with Gasteiger partial charge in [-0.3, -0.25) is 4.90 Å². The highest BCUT2D eigenvalue weighted by Crippen LogP contribution is 2.22.